The summed E-state index contributed by atoms with van der Waals surface area (Å²) in [6, 6.07) is -1.29. The predicted molar refractivity (Wildman–Crippen MR) is 68.6 cm³/mol. The summed E-state index contributed by atoms with van der Waals surface area (Å²) in [4.78, 5) is 22.2. The molecule has 2 amide bonds. The van der Waals surface area contributed by atoms with E-state index in [1.807, 2.05) is 6.92 Å². The number of carboxylic acids is 1. The van der Waals surface area contributed by atoms with Crippen molar-refractivity contribution in [2.45, 2.75) is 45.6 Å². The average molecular weight is 260 g/mol. The third-order valence-corrected chi connectivity index (χ3v) is 2.35. The molecular weight excluding hydrogens is 236 g/mol. The lowest BCUT2D eigenvalue weighted by Crippen LogP contribution is -2.46. The van der Waals surface area contributed by atoms with Crippen molar-refractivity contribution in [3.63, 3.8) is 0 Å². The number of urea groups is 1. The maximum Gasteiger partial charge on any atom is 0.326 e. The molecule has 0 unspecified atom stereocenters. The van der Waals surface area contributed by atoms with Crippen LogP contribution < -0.4 is 10.6 Å². The number of hydrogen-bond acceptors (Lipinski definition) is 3. The lowest BCUT2D eigenvalue weighted by molar-refractivity contribution is -0.139. The first-order valence-corrected chi connectivity index (χ1v) is 6.46. The van der Waals surface area contributed by atoms with E-state index >= 15 is 0 Å². The standard InChI is InChI=1S/C12H24N2O4/c1-3-5-8-18-9-7-13-12(17)14-10(6-4-2)11(15)16/h10H,3-9H2,1-2H3,(H,15,16)(H2,13,14,17)/t10-/m1/s1. The van der Waals surface area contributed by atoms with Crippen LogP contribution in [-0.2, 0) is 9.53 Å². The minimum atomic E-state index is -1.01. The first-order valence-electron chi connectivity index (χ1n) is 6.46. The second-order valence-corrected chi connectivity index (χ2v) is 4.05. The Morgan fingerprint density at radius 2 is 1.94 bits per heavy atom. The van der Waals surface area contributed by atoms with Crippen LogP contribution in [-0.4, -0.2) is 42.9 Å². The van der Waals surface area contributed by atoms with E-state index in [4.69, 9.17) is 9.84 Å². The zero-order valence-corrected chi connectivity index (χ0v) is 11.2. The maximum atomic E-state index is 11.4. The van der Waals surface area contributed by atoms with Crippen molar-refractivity contribution in [1.29, 1.82) is 0 Å². The SMILES string of the molecule is CCCCOCCNC(=O)N[C@H](CCC)C(=O)O. The van der Waals surface area contributed by atoms with Gasteiger partial charge in [-0.1, -0.05) is 26.7 Å². The van der Waals surface area contributed by atoms with Crippen LogP contribution in [0.15, 0.2) is 0 Å². The Morgan fingerprint density at radius 3 is 2.50 bits per heavy atom. The largest absolute Gasteiger partial charge is 0.480 e. The van der Waals surface area contributed by atoms with E-state index in [9.17, 15) is 9.59 Å². The van der Waals surface area contributed by atoms with Crippen molar-refractivity contribution in [3.8, 4) is 0 Å². The molecule has 0 rings (SSSR count). The third kappa shape index (κ3) is 8.81. The van der Waals surface area contributed by atoms with Crippen LogP contribution in [0.25, 0.3) is 0 Å². The Morgan fingerprint density at radius 1 is 1.22 bits per heavy atom. The molecule has 0 aromatic heterocycles. The quantitative estimate of drug-likeness (QED) is 0.517. The van der Waals surface area contributed by atoms with Gasteiger partial charge in [0, 0.05) is 13.2 Å². The minimum Gasteiger partial charge on any atom is -0.480 e. The molecule has 0 fully saturated rings. The molecule has 6 heteroatoms. The topological polar surface area (TPSA) is 87.7 Å². The highest BCUT2D eigenvalue weighted by Gasteiger charge is 2.18. The van der Waals surface area contributed by atoms with Gasteiger partial charge in [0.25, 0.3) is 0 Å². The number of carbonyl (C=O) groups excluding carboxylic acids is 1. The molecule has 0 spiro atoms. The number of unbranched alkanes of at least 4 members (excludes halogenated alkanes) is 1. The maximum absolute atomic E-state index is 11.4. The summed E-state index contributed by atoms with van der Waals surface area (Å²) in [5, 5.41) is 13.8. The number of ether oxygens (including phenoxy) is 1. The second-order valence-electron chi connectivity index (χ2n) is 4.05. The molecule has 0 aliphatic heterocycles. The Bertz CT molecular complexity index is 246. The van der Waals surface area contributed by atoms with E-state index in [-0.39, 0.29) is 0 Å². The summed E-state index contributed by atoms with van der Waals surface area (Å²) in [6.45, 7) is 5.46. The first-order chi connectivity index (χ1) is 8.61. The normalized spacial score (nSPS) is 11.9. The summed E-state index contributed by atoms with van der Waals surface area (Å²) in [7, 11) is 0. The Kier molecular flexibility index (Phi) is 10.0. The minimum absolute atomic E-state index is 0.383. The summed E-state index contributed by atoms with van der Waals surface area (Å²) in [5.74, 6) is -1.01. The highest BCUT2D eigenvalue weighted by molar-refractivity contribution is 5.82. The van der Waals surface area contributed by atoms with Crippen LogP contribution in [0, 0.1) is 0 Å². The summed E-state index contributed by atoms with van der Waals surface area (Å²) < 4.78 is 5.27. The van der Waals surface area contributed by atoms with E-state index in [0.717, 1.165) is 12.8 Å². The van der Waals surface area contributed by atoms with Crippen LogP contribution in [0.4, 0.5) is 4.79 Å². The zero-order chi connectivity index (χ0) is 13.8. The fourth-order valence-electron chi connectivity index (χ4n) is 1.34. The third-order valence-electron chi connectivity index (χ3n) is 2.35. The van der Waals surface area contributed by atoms with Gasteiger partial charge < -0.3 is 20.5 Å². The van der Waals surface area contributed by atoms with Crippen LogP contribution in [0.5, 0.6) is 0 Å². The molecule has 0 aliphatic rings. The summed E-state index contributed by atoms with van der Waals surface area (Å²) in [6.07, 6.45) is 3.21. The predicted octanol–water partition coefficient (Wildman–Crippen LogP) is 1.36. The van der Waals surface area contributed by atoms with E-state index in [0.29, 0.717) is 32.6 Å². The van der Waals surface area contributed by atoms with Gasteiger partial charge in [0.05, 0.1) is 6.61 Å². The number of amides is 2. The van der Waals surface area contributed by atoms with Crippen molar-refractivity contribution in [2.75, 3.05) is 19.8 Å². The molecule has 18 heavy (non-hydrogen) atoms. The van der Waals surface area contributed by atoms with Gasteiger partial charge in [-0.2, -0.15) is 0 Å². The van der Waals surface area contributed by atoms with Gasteiger partial charge in [0.1, 0.15) is 6.04 Å². The van der Waals surface area contributed by atoms with Crippen molar-refractivity contribution in [3.05, 3.63) is 0 Å². The van der Waals surface area contributed by atoms with Crippen LogP contribution in [0.1, 0.15) is 39.5 Å². The van der Waals surface area contributed by atoms with Gasteiger partial charge in [-0.25, -0.2) is 9.59 Å². The molecule has 0 saturated heterocycles. The molecule has 3 N–H and O–H groups in total. The second kappa shape index (κ2) is 10.8. The van der Waals surface area contributed by atoms with Gasteiger partial charge in [-0.15, -0.1) is 0 Å². The molecule has 0 aromatic rings. The molecule has 1 atom stereocenters. The highest BCUT2D eigenvalue weighted by atomic mass is 16.5. The molecule has 0 aliphatic carbocycles. The van der Waals surface area contributed by atoms with Crippen LogP contribution in [0.2, 0.25) is 0 Å². The number of aliphatic carboxylic acids is 1. The molecule has 0 heterocycles. The smallest absolute Gasteiger partial charge is 0.326 e. The monoisotopic (exact) mass is 260 g/mol. The average Bonchev–Trinajstić information content (AvgIpc) is 2.33. The van der Waals surface area contributed by atoms with Gasteiger partial charge >= 0.3 is 12.0 Å². The lowest BCUT2D eigenvalue weighted by Gasteiger charge is -2.14. The summed E-state index contributed by atoms with van der Waals surface area (Å²) >= 11 is 0. The Hall–Kier alpha value is -1.30. The Balaban J connectivity index is 3.65. The fraction of sp³-hybridized carbons (Fsp3) is 0.833. The number of rotatable bonds is 10. The van der Waals surface area contributed by atoms with Gasteiger partial charge in [0.15, 0.2) is 0 Å². The Labute approximate surface area is 108 Å². The van der Waals surface area contributed by atoms with E-state index < -0.39 is 18.0 Å². The number of nitrogens with one attached hydrogen (secondary N) is 2. The molecule has 0 bridgehead atoms. The molecule has 0 radical (unpaired) electrons. The van der Waals surface area contributed by atoms with Gasteiger partial charge in [-0.05, 0) is 12.8 Å². The van der Waals surface area contributed by atoms with Gasteiger partial charge in [0.2, 0.25) is 0 Å². The zero-order valence-electron chi connectivity index (χ0n) is 11.2. The highest BCUT2D eigenvalue weighted by Crippen LogP contribution is 1.96. The molecule has 0 aromatic carbocycles. The van der Waals surface area contributed by atoms with E-state index in [1.54, 1.807) is 0 Å². The fourth-order valence-corrected chi connectivity index (χ4v) is 1.34. The van der Waals surface area contributed by atoms with Crippen molar-refractivity contribution in [2.24, 2.45) is 0 Å². The molecular formula is C12H24N2O4. The van der Waals surface area contributed by atoms with Crippen molar-refractivity contribution >= 4 is 12.0 Å². The number of carboxylic acid groups (broad SMARTS) is 1. The lowest BCUT2D eigenvalue weighted by atomic mass is 10.2. The van der Waals surface area contributed by atoms with Gasteiger partial charge in [-0.3, -0.25) is 0 Å². The van der Waals surface area contributed by atoms with E-state index in [2.05, 4.69) is 17.6 Å². The summed E-state index contributed by atoms with van der Waals surface area (Å²) in [5.41, 5.74) is 0. The first kappa shape index (κ1) is 16.7. The molecule has 0 saturated carbocycles. The van der Waals surface area contributed by atoms with Crippen molar-refractivity contribution < 1.29 is 19.4 Å². The molecule has 106 valence electrons. The number of carbonyl (C=O) groups is 2. The van der Waals surface area contributed by atoms with E-state index in [1.165, 1.54) is 0 Å². The van der Waals surface area contributed by atoms with Crippen molar-refractivity contribution in [1.82, 2.24) is 10.6 Å². The molecule has 6 nitrogen and oxygen atoms in total. The van der Waals surface area contributed by atoms with Crippen LogP contribution in [0.3, 0.4) is 0 Å². The van der Waals surface area contributed by atoms with Crippen LogP contribution >= 0.6 is 0 Å². The number of hydrogen-bond donors (Lipinski definition) is 3.